The van der Waals surface area contributed by atoms with Crippen molar-refractivity contribution in [2.45, 2.75) is 25.8 Å². The van der Waals surface area contributed by atoms with E-state index in [9.17, 15) is 14.0 Å². The van der Waals surface area contributed by atoms with E-state index in [0.717, 1.165) is 18.4 Å². The average molecular weight is 457 g/mol. The van der Waals surface area contributed by atoms with Crippen LogP contribution in [0.3, 0.4) is 0 Å². The highest BCUT2D eigenvalue weighted by Crippen LogP contribution is 2.34. The number of hydrogen-bond donors (Lipinski definition) is 0. The Morgan fingerprint density at radius 1 is 1.25 bits per heavy atom. The molecule has 32 heavy (non-hydrogen) atoms. The van der Waals surface area contributed by atoms with E-state index in [4.69, 9.17) is 9.15 Å². The molecule has 1 aliphatic rings. The van der Waals surface area contributed by atoms with Crippen molar-refractivity contribution >= 4 is 23.2 Å². The molecule has 0 radical (unpaired) electrons. The fourth-order valence-electron chi connectivity index (χ4n) is 3.91. The predicted octanol–water partition coefficient (Wildman–Crippen LogP) is 4.54. The van der Waals surface area contributed by atoms with Gasteiger partial charge in [0.1, 0.15) is 24.7 Å². The monoisotopic (exact) mass is 456 g/mol. The Balaban J connectivity index is 1.50. The van der Waals surface area contributed by atoms with Crippen LogP contribution in [-0.4, -0.2) is 47.9 Å². The first-order valence-electron chi connectivity index (χ1n) is 10.6. The highest BCUT2D eigenvalue weighted by Gasteiger charge is 2.33. The molecule has 6 nitrogen and oxygen atoms in total. The van der Waals surface area contributed by atoms with E-state index in [0.29, 0.717) is 18.8 Å². The largest absolute Gasteiger partial charge is 0.491 e. The van der Waals surface area contributed by atoms with E-state index >= 15 is 0 Å². The van der Waals surface area contributed by atoms with Crippen molar-refractivity contribution < 1.29 is 23.1 Å². The number of carbonyl (C=O) groups is 2. The standard InChI is InChI=1S/C24H25FN2O4S/c1-2-11-26(24(29)21-4-3-13-30-21)15-23(28)27-12-9-22-19(10-14-32-22)20(27)16-31-18-7-5-17(25)6-8-18/h3-8,10,13-14,20H,2,9,11-12,15-16H2,1H3/t20-/m0/s1. The van der Waals surface area contributed by atoms with Crippen LogP contribution in [0.4, 0.5) is 4.39 Å². The van der Waals surface area contributed by atoms with E-state index < -0.39 is 0 Å². The maximum Gasteiger partial charge on any atom is 0.290 e. The third-order valence-electron chi connectivity index (χ3n) is 5.48. The first-order valence-corrected chi connectivity index (χ1v) is 11.5. The fourth-order valence-corrected chi connectivity index (χ4v) is 4.84. The lowest BCUT2D eigenvalue weighted by Crippen LogP contribution is -2.48. The Labute approximate surface area is 190 Å². The van der Waals surface area contributed by atoms with Crippen molar-refractivity contribution in [3.8, 4) is 5.75 Å². The molecule has 0 unspecified atom stereocenters. The number of thiophene rings is 1. The number of nitrogens with zero attached hydrogens (tertiary/aromatic N) is 2. The lowest BCUT2D eigenvalue weighted by molar-refractivity contribution is -0.135. The summed E-state index contributed by atoms with van der Waals surface area (Å²) in [6.07, 6.45) is 2.95. The first-order chi connectivity index (χ1) is 15.6. The predicted molar refractivity (Wildman–Crippen MR) is 119 cm³/mol. The van der Waals surface area contributed by atoms with Crippen molar-refractivity contribution in [3.63, 3.8) is 0 Å². The van der Waals surface area contributed by atoms with Gasteiger partial charge in [-0.05, 0) is 66.2 Å². The molecule has 3 aromatic rings. The van der Waals surface area contributed by atoms with Crippen LogP contribution in [0, 0.1) is 5.82 Å². The molecule has 4 rings (SSSR count). The van der Waals surface area contributed by atoms with Crippen molar-refractivity contribution in [1.82, 2.24) is 9.80 Å². The second kappa shape index (κ2) is 9.99. The molecule has 168 valence electrons. The summed E-state index contributed by atoms with van der Waals surface area (Å²) in [5, 5.41) is 2.02. The fraction of sp³-hybridized carbons (Fsp3) is 0.333. The third-order valence-corrected chi connectivity index (χ3v) is 6.47. The normalized spacial score (nSPS) is 15.3. The summed E-state index contributed by atoms with van der Waals surface area (Å²) in [6, 6.07) is 10.8. The van der Waals surface area contributed by atoms with Gasteiger partial charge in [0.25, 0.3) is 5.91 Å². The highest BCUT2D eigenvalue weighted by atomic mass is 32.1. The molecular formula is C24H25FN2O4S. The molecule has 0 aliphatic carbocycles. The zero-order valence-corrected chi connectivity index (χ0v) is 18.6. The average Bonchev–Trinajstić information content (AvgIpc) is 3.50. The molecule has 1 aromatic carbocycles. The summed E-state index contributed by atoms with van der Waals surface area (Å²) in [4.78, 5) is 30.7. The maximum atomic E-state index is 13.4. The molecule has 0 N–H and O–H groups in total. The number of furan rings is 1. The zero-order chi connectivity index (χ0) is 22.5. The van der Waals surface area contributed by atoms with Gasteiger partial charge in [-0.3, -0.25) is 9.59 Å². The number of rotatable bonds is 8. The summed E-state index contributed by atoms with van der Waals surface area (Å²) in [7, 11) is 0. The molecule has 1 atom stereocenters. The number of amides is 2. The van der Waals surface area contributed by atoms with Crippen molar-refractivity contribution in [2.24, 2.45) is 0 Å². The van der Waals surface area contributed by atoms with Crippen molar-refractivity contribution in [3.05, 3.63) is 76.1 Å². The molecule has 0 fully saturated rings. The Kier molecular flexibility index (Phi) is 6.90. The molecule has 1 aliphatic heterocycles. The van der Waals surface area contributed by atoms with Crippen LogP contribution in [0.1, 0.15) is 40.4 Å². The zero-order valence-electron chi connectivity index (χ0n) is 17.8. The molecule has 0 spiro atoms. The number of halogens is 1. The number of carbonyl (C=O) groups excluding carboxylic acids is 2. The van der Waals surface area contributed by atoms with E-state index in [2.05, 4.69) is 0 Å². The van der Waals surface area contributed by atoms with Gasteiger partial charge in [0.05, 0.1) is 12.3 Å². The lowest BCUT2D eigenvalue weighted by Gasteiger charge is -2.37. The van der Waals surface area contributed by atoms with Crippen LogP contribution in [0.15, 0.2) is 58.5 Å². The molecular weight excluding hydrogens is 431 g/mol. The van der Waals surface area contributed by atoms with Gasteiger partial charge >= 0.3 is 0 Å². The number of hydrogen-bond acceptors (Lipinski definition) is 5. The Morgan fingerprint density at radius 3 is 2.78 bits per heavy atom. The minimum Gasteiger partial charge on any atom is -0.491 e. The number of fused-ring (bicyclic) bond motifs is 1. The van der Waals surface area contributed by atoms with Crippen molar-refractivity contribution in [2.75, 3.05) is 26.2 Å². The topological polar surface area (TPSA) is 63.0 Å². The number of ether oxygens (including phenoxy) is 1. The summed E-state index contributed by atoms with van der Waals surface area (Å²) < 4.78 is 24.4. The quantitative estimate of drug-likeness (QED) is 0.499. The van der Waals surface area contributed by atoms with Gasteiger partial charge < -0.3 is 19.0 Å². The Morgan fingerprint density at radius 2 is 2.06 bits per heavy atom. The van der Waals surface area contributed by atoms with Gasteiger partial charge in [-0.2, -0.15) is 0 Å². The number of benzene rings is 1. The van der Waals surface area contributed by atoms with E-state index in [1.807, 2.05) is 18.4 Å². The molecule has 0 bridgehead atoms. The molecule has 2 aromatic heterocycles. The Bertz CT molecular complexity index is 1050. The SMILES string of the molecule is CCCN(CC(=O)N1CCc2sccc2[C@@H]1COc1ccc(F)cc1)C(=O)c1ccco1. The van der Waals surface area contributed by atoms with Crippen LogP contribution < -0.4 is 4.74 Å². The minimum absolute atomic E-state index is 0.0279. The highest BCUT2D eigenvalue weighted by molar-refractivity contribution is 7.10. The van der Waals surface area contributed by atoms with Crippen LogP contribution in [0.25, 0.3) is 0 Å². The van der Waals surface area contributed by atoms with Crippen LogP contribution in [-0.2, 0) is 11.2 Å². The second-order valence-corrected chi connectivity index (χ2v) is 8.62. The molecule has 3 heterocycles. The summed E-state index contributed by atoms with van der Waals surface area (Å²) in [6.45, 7) is 3.20. The van der Waals surface area contributed by atoms with E-state index in [1.165, 1.54) is 28.2 Å². The van der Waals surface area contributed by atoms with Gasteiger partial charge in [0.2, 0.25) is 5.91 Å². The van der Waals surface area contributed by atoms with E-state index in [-0.39, 0.29) is 42.6 Å². The Hall–Kier alpha value is -3.13. The van der Waals surface area contributed by atoms with Crippen LogP contribution in [0.5, 0.6) is 5.75 Å². The smallest absolute Gasteiger partial charge is 0.290 e. The molecule has 0 saturated heterocycles. The van der Waals surface area contributed by atoms with Crippen LogP contribution >= 0.6 is 11.3 Å². The second-order valence-electron chi connectivity index (χ2n) is 7.62. The summed E-state index contributed by atoms with van der Waals surface area (Å²) >= 11 is 1.67. The van der Waals surface area contributed by atoms with Gasteiger partial charge in [0.15, 0.2) is 5.76 Å². The van der Waals surface area contributed by atoms with Gasteiger partial charge in [-0.25, -0.2) is 4.39 Å². The summed E-state index contributed by atoms with van der Waals surface area (Å²) in [5.41, 5.74) is 1.07. The molecule has 8 heteroatoms. The third kappa shape index (κ3) is 4.85. The first kappa shape index (κ1) is 22.1. The molecule has 0 saturated carbocycles. The summed E-state index contributed by atoms with van der Waals surface area (Å²) in [5.74, 6) is 0.00704. The molecule has 2 amide bonds. The van der Waals surface area contributed by atoms with E-state index in [1.54, 1.807) is 40.5 Å². The van der Waals surface area contributed by atoms with Crippen molar-refractivity contribution in [1.29, 1.82) is 0 Å². The maximum absolute atomic E-state index is 13.4. The van der Waals surface area contributed by atoms with Gasteiger partial charge in [-0.1, -0.05) is 6.92 Å². The lowest BCUT2D eigenvalue weighted by atomic mass is 10.0. The van der Waals surface area contributed by atoms with Gasteiger partial charge in [-0.15, -0.1) is 11.3 Å². The van der Waals surface area contributed by atoms with Crippen LogP contribution in [0.2, 0.25) is 0 Å². The van der Waals surface area contributed by atoms with Gasteiger partial charge in [0, 0.05) is 18.0 Å². The minimum atomic E-state index is -0.329.